The van der Waals surface area contributed by atoms with Crippen molar-refractivity contribution in [2.24, 2.45) is 11.7 Å². The topological polar surface area (TPSA) is 52.3 Å². The summed E-state index contributed by atoms with van der Waals surface area (Å²) >= 11 is 0. The average Bonchev–Trinajstić information content (AvgIpc) is 2.35. The molecule has 0 spiro atoms. The summed E-state index contributed by atoms with van der Waals surface area (Å²) in [5, 5.41) is 0. The van der Waals surface area contributed by atoms with Crippen LogP contribution in [0.25, 0.3) is 0 Å². The molecule has 1 unspecified atom stereocenters. The third-order valence-corrected chi connectivity index (χ3v) is 2.80. The number of benzene rings is 1. The van der Waals surface area contributed by atoms with Crippen LogP contribution in [0, 0.1) is 5.92 Å². The van der Waals surface area contributed by atoms with Crippen molar-refractivity contribution < 1.29 is 9.53 Å². The van der Waals surface area contributed by atoms with Crippen molar-refractivity contribution in [2.45, 2.75) is 39.2 Å². The van der Waals surface area contributed by atoms with E-state index in [1.54, 1.807) is 0 Å². The number of rotatable bonds is 7. The number of carbonyl (C=O) groups excluding carboxylic acids is 1. The van der Waals surface area contributed by atoms with Crippen molar-refractivity contribution in [3.05, 3.63) is 35.9 Å². The maximum atomic E-state index is 11.6. The van der Waals surface area contributed by atoms with Gasteiger partial charge in [-0.3, -0.25) is 4.79 Å². The molecule has 0 bridgehead atoms. The molecule has 1 aromatic rings. The molecule has 0 aromatic heterocycles. The second-order valence-corrected chi connectivity index (χ2v) is 4.98. The third kappa shape index (κ3) is 5.82. The van der Waals surface area contributed by atoms with Gasteiger partial charge in [0, 0.05) is 6.04 Å². The Morgan fingerprint density at radius 1 is 1.28 bits per heavy atom. The minimum atomic E-state index is -0.274. The fourth-order valence-electron chi connectivity index (χ4n) is 1.73. The summed E-state index contributed by atoms with van der Waals surface area (Å²) in [6.45, 7) is 4.82. The maximum Gasteiger partial charge on any atom is 0.307 e. The molecule has 1 atom stereocenters. The second kappa shape index (κ2) is 7.88. The van der Waals surface area contributed by atoms with E-state index >= 15 is 0 Å². The van der Waals surface area contributed by atoms with Crippen LogP contribution in [-0.4, -0.2) is 12.6 Å². The van der Waals surface area contributed by atoms with E-state index < -0.39 is 0 Å². The monoisotopic (exact) mass is 249 g/mol. The molecule has 0 saturated heterocycles. The van der Waals surface area contributed by atoms with E-state index in [1.165, 1.54) is 0 Å². The highest BCUT2D eigenvalue weighted by Gasteiger charge is 2.12. The minimum absolute atomic E-state index is 0.213. The highest BCUT2D eigenvalue weighted by Crippen LogP contribution is 2.14. The van der Waals surface area contributed by atoms with Gasteiger partial charge in [0.05, 0.1) is 13.0 Å². The minimum Gasteiger partial charge on any atom is -0.466 e. The van der Waals surface area contributed by atoms with Crippen molar-refractivity contribution in [1.29, 1.82) is 0 Å². The summed E-state index contributed by atoms with van der Waals surface area (Å²) in [7, 11) is 0. The first-order valence-corrected chi connectivity index (χ1v) is 6.55. The van der Waals surface area contributed by atoms with Gasteiger partial charge in [0.1, 0.15) is 0 Å². The molecular weight excluding hydrogens is 226 g/mol. The van der Waals surface area contributed by atoms with Gasteiger partial charge in [0.15, 0.2) is 0 Å². The molecule has 0 radical (unpaired) electrons. The first-order chi connectivity index (χ1) is 8.59. The van der Waals surface area contributed by atoms with Gasteiger partial charge in [-0.05, 0) is 24.3 Å². The summed E-state index contributed by atoms with van der Waals surface area (Å²) in [4.78, 5) is 11.6. The molecule has 100 valence electrons. The summed E-state index contributed by atoms with van der Waals surface area (Å²) < 4.78 is 5.17. The Morgan fingerprint density at radius 2 is 1.94 bits per heavy atom. The van der Waals surface area contributed by atoms with Gasteiger partial charge in [0.2, 0.25) is 0 Å². The van der Waals surface area contributed by atoms with E-state index in [0.29, 0.717) is 12.5 Å². The smallest absolute Gasteiger partial charge is 0.307 e. The van der Waals surface area contributed by atoms with Gasteiger partial charge < -0.3 is 10.5 Å². The molecular formula is C15H23NO2. The SMILES string of the molecule is CC(C)CCCOC(=O)CC(N)c1ccccc1. The number of ether oxygens (including phenoxy) is 1. The van der Waals surface area contributed by atoms with Crippen molar-refractivity contribution >= 4 is 5.97 Å². The molecule has 0 saturated carbocycles. The Labute approximate surface area is 109 Å². The lowest BCUT2D eigenvalue weighted by Crippen LogP contribution is -2.17. The predicted octanol–water partition coefficient (Wildman–Crippen LogP) is 3.06. The van der Waals surface area contributed by atoms with E-state index in [4.69, 9.17) is 10.5 Å². The molecule has 0 fully saturated rings. The lowest BCUT2D eigenvalue weighted by atomic mass is 10.1. The van der Waals surface area contributed by atoms with Crippen LogP contribution >= 0.6 is 0 Å². The number of nitrogens with two attached hydrogens (primary N) is 1. The molecule has 0 aliphatic heterocycles. The zero-order valence-corrected chi connectivity index (χ0v) is 11.3. The molecule has 0 aliphatic rings. The third-order valence-electron chi connectivity index (χ3n) is 2.80. The van der Waals surface area contributed by atoms with Crippen LogP contribution in [0.15, 0.2) is 30.3 Å². The van der Waals surface area contributed by atoms with Gasteiger partial charge >= 0.3 is 5.97 Å². The lowest BCUT2D eigenvalue weighted by molar-refractivity contribution is -0.144. The van der Waals surface area contributed by atoms with Crippen LogP contribution in [0.2, 0.25) is 0 Å². The first kappa shape index (κ1) is 14.7. The van der Waals surface area contributed by atoms with Crippen LogP contribution in [0.5, 0.6) is 0 Å². The largest absolute Gasteiger partial charge is 0.466 e. The fraction of sp³-hybridized carbons (Fsp3) is 0.533. The summed E-state index contributed by atoms with van der Waals surface area (Å²) in [5.74, 6) is 0.436. The van der Waals surface area contributed by atoms with Gasteiger partial charge in [-0.1, -0.05) is 44.2 Å². The zero-order chi connectivity index (χ0) is 13.4. The number of esters is 1. The normalized spacial score (nSPS) is 12.4. The molecule has 1 rings (SSSR count). The highest BCUT2D eigenvalue weighted by molar-refractivity contribution is 5.70. The molecule has 18 heavy (non-hydrogen) atoms. The quantitative estimate of drug-likeness (QED) is 0.597. The zero-order valence-electron chi connectivity index (χ0n) is 11.3. The molecule has 0 heterocycles. The van der Waals surface area contributed by atoms with Gasteiger partial charge in [-0.2, -0.15) is 0 Å². The van der Waals surface area contributed by atoms with E-state index in [9.17, 15) is 4.79 Å². The lowest BCUT2D eigenvalue weighted by Gasteiger charge is -2.11. The molecule has 0 aliphatic carbocycles. The van der Waals surface area contributed by atoms with Crippen LogP contribution in [0.3, 0.4) is 0 Å². The molecule has 2 N–H and O–H groups in total. The highest BCUT2D eigenvalue weighted by atomic mass is 16.5. The van der Waals surface area contributed by atoms with Crippen molar-refractivity contribution in [1.82, 2.24) is 0 Å². The van der Waals surface area contributed by atoms with Crippen LogP contribution < -0.4 is 5.73 Å². The Hall–Kier alpha value is -1.35. The Balaban J connectivity index is 2.24. The number of hydrogen-bond donors (Lipinski definition) is 1. The number of carbonyl (C=O) groups is 1. The van der Waals surface area contributed by atoms with E-state index in [0.717, 1.165) is 18.4 Å². The summed E-state index contributed by atoms with van der Waals surface area (Å²) in [6, 6.07) is 9.35. The predicted molar refractivity (Wildman–Crippen MR) is 73.0 cm³/mol. The second-order valence-electron chi connectivity index (χ2n) is 4.98. The molecule has 3 heteroatoms. The molecule has 3 nitrogen and oxygen atoms in total. The average molecular weight is 249 g/mol. The number of hydrogen-bond acceptors (Lipinski definition) is 3. The van der Waals surface area contributed by atoms with Gasteiger partial charge in [-0.25, -0.2) is 0 Å². The van der Waals surface area contributed by atoms with Crippen LogP contribution in [-0.2, 0) is 9.53 Å². The van der Waals surface area contributed by atoms with Crippen molar-refractivity contribution in [3.8, 4) is 0 Å². The molecule has 0 amide bonds. The van der Waals surface area contributed by atoms with Crippen molar-refractivity contribution in [3.63, 3.8) is 0 Å². The van der Waals surface area contributed by atoms with E-state index in [2.05, 4.69) is 13.8 Å². The fourth-order valence-corrected chi connectivity index (χ4v) is 1.73. The van der Waals surface area contributed by atoms with E-state index in [1.807, 2.05) is 30.3 Å². The van der Waals surface area contributed by atoms with Gasteiger partial charge in [-0.15, -0.1) is 0 Å². The first-order valence-electron chi connectivity index (χ1n) is 6.55. The Morgan fingerprint density at radius 3 is 2.56 bits per heavy atom. The maximum absolute atomic E-state index is 11.6. The summed E-state index contributed by atoms with van der Waals surface area (Å²) in [6.07, 6.45) is 2.24. The van der Waals surface area contributed by atoms with E-state index in [-0.39, 0.29) is 18.4 Å². The Bertz CT molecular complexity index is 349. The van der Waals surface area contributed by atoms with Gasteiger partial charge in [0.25, 0.3) is 0 Å². The van der Waals surface area contributed by atoms with Crippen LogP contribution in [0.1, 0.15) is 44.7 Å². The van der Waals surface area contributed by atoms with Crippen LogP contribution in [0.4, 0.5) is 0 Å². The summed E-state index contributed by atoms with van der Waals surface area (Å²) in [5.41, 5.74) is 6.92. The van der Waals surface area contributed by atoms with Crippen molar-refractivity contribution in [2.75, 3.05) is 6.61 Å². The Kier molecular flexibility index (Phi) is 6.44. The molecule has 1 aromatic carbocycles. The standard InChI is InChI=1S/C15H23NO2/c1-12(2)7-6-10-18-15(17)11-14(16)13-8-4-3-5-9-13/h3-5,8-9,12,14H,6-7,10-11,16H2,1-2H3.